The van der Waals surface area contributed by atoms with E-state index in [0.717, 1.165) is 11.3 Å². The highest BCUT2D eigenvalue weighted by Gasteiger charge is 2.12. The minimum atomic E-state index is -0.299. The van der Waals surface area contributed by atoms with Crippen LogP contribution < -0.4 is 10.6 Å². The first kappa shape index (κ1) is 17.7. The minimum Gasteiger partial charge on any atom is -0.334 e. The third-order valence-corrected chi connectivity index (χ3v) is 4.27. The van der Waals surface area contributed by atoms with Crippen molar-refractivity contribution in [3.63, 3.8) is 0 Å². The number of carbonyl (C=O) groups excluding carboxylic acids is 1. The third kappa shape index (κ3) is 3.91. The van der Waals surface area contributed by atoms with Crippen LogP contribution in [0.5, 0.6) is 0 Å². The molecule has 1 heterocycles. The van der Waals surface area contributed by atoms with Gasteiger partial charge in [0.1, 0.15) is 5.69 Å². The van der Waals surface area contributed by atoms with Crippen molar-refractivity contribution in [3.05, 3.63) is 70.4 Å². The smallest absolute Gasteiger partial charge is 0.320 e. The zero-order valence-electron chi connectivity index (χ0n) is 15.5. The van der Waals surface area contributed by atoms with E-state index < -0.39 is 0 Å². The number of nitrogens with zero attached hydrogens (tertiary/aromatic N) is 3. The summed E-state index contributed by atoms with van der Waals surface area (Å²) in [5.41, 5.74) is 6.21. The van der Waals surface area contributed by atoms with Crippen LogP contribution >= 0.6 is 0 Å². The molecule has 0 unspecified atom stereocenters. The van der Waals surface area contributed by atoms with E-state index >= 15 is 0 Å². The number of rotatable bonds is 4. The molecule has 0 atom stereocenters. The van der Waals surface area contributed by atoms with Gasteiger partial charge in [0.15, 0.2) is 5.82 Å². The number of anilines is 1. The molecular weight excluding hydrogens is 326 g/mol. The predicted octanol–water partition coefficient (Wildman–Crippen LogP) is 3.82. The van der Waals surface area contributed by atoms with E-state index in [1.54, 1.807) is 0 Å². The van der Waals surface area contributed by atoms with Gasteiger partial charge in [-0.1, -0.05) is 35.9 Å². The number of urea groups is 1. The topological polar surface area (TPSA) is 71.8 Å². The Bertz CT molecular complexity index is 908. The van der Waals surface area contributed by atoms with Crippen molar-refractivity contribution in [2.75, 3.05) is 5.32 Å². The molecule has 6 nitrogen and oxygen atoms in total. The van der Waals surface area contributed by atoms with Gasteiger partial charge >= 0.3 is 6.03 Å². The average molecular weight is 349 g/mol. The molecule has 2 N–H and O–H groups in total. The maximum atomic E-state index is 12.3. The molecule has 3 aromatic rings. The molecule has 0 spiro atoms. The monoisotopic (exact) mass is 349 g/mol. The molecule has 0 bridgehead atoms. The number of hydrogen-bond acceptors (Lipinski definition) is 3. The Morgan fingerprint density at radius 2 is 1.65 bits per heavy atom. The van der Waals surface area contributed by atoms with E-state index in [9.17, 15) is 4.79 Å². The Kier molecular flexibility index (Phi) is 5.02. The number of benzene rings is 2. The van der Waals surface area contributed by atoms with Gasteiger partial charge in [0.05, 0.1) is 5.69 Å². The molecule has 6 heteroatoms. The number of hydrogen-bond donors (Lipinski definition) is 2. The van der Waals surface area contributed by atoms with E-state index in [1.165, 1.54) is 21.5 Å². The summed E-state index contributed by atoms with van der Waals surface area (Å²) in [6.07, 6.45) is 0. The number of aryl methyl sites for hydroxylation is 4. The Morgan fingerprint density at radius 3 is 2.31 bits per heavy atom. The van der Waals surface area contributed by atoms with E-state index in [2.05, 4.69) is 53.7 Å². The quantitative estimate of drug-likeness (QED) is 0.752. The van der Waals surface area contributed by atoms with Crippen LogP contribution in [-0.4, -0.2) is 21.0 Å². The maximum absolute atomic E-state index is 12.3. The Balaban J connectivity index is 1.67. The van der Waals surface area contributed by atoms with Crippen molar-refractivity contribution < 1.29 is 4.79 Å². The molecule has 3 rings (SSSR count). The summed E-state index contributed by atoms with van der Waals surface area (Å²) in [5, 5.41) is 14.4. The standard InChI is InChI=1S/C20H23N5O/c1-13-10-14(2)18(15(3)11-13)12-21-20(26)22-19-16(4)23-25(24-19)17-8-6-5-7-9-17/h5-11H,12H2,1-4H3,(H2,21,22,24,26). The van der Waals surface area contributed by atoms with E-state index in [1.807, 2.05) is 37.3 Å². The fraction of sp³-hybridized carbons (Fsp3) is 0.250. The second-order valence-corrected chi connectivity index (χ2v) is 6.44. The van der Waals surface area contributed by atoms with Gasteiger partial charge in [-0.3, -0.25) is 5.32 Å². The Hall–Kier alpha value is -3.15. The Morgan fingerprint density at radius 1 is 1.00 bits per heavy atom. The lowest BCUT2D eigenvalue weighted by Gasteiger charge is -2.12. The first-order valence-corrected chi connectivity index (χ1v) is 8.55. The summed E-state index contributed by atoms with van der Waals surface area (Å²) in [5.74, 6) is 0.448. The first-order chi connectivity index (χ1) is 12.4. The molecule has 0 aliphatic rings. The minimum absolute atomic E-state index is 0.299. The third-order valence-electron chi connectivity index (χ3n) is 4.27. The molecule has 0 saturated heterocycles. The lowest BCUT2D eigenvalue weighted by molar-refractivity contribution is 0.251. The summed E-state index contributed by atoms with van der Waals surface area (Å²) >= 11 is 0. The predicted molar refractivity (Wildman–Crippen MR) is 103 cm³/mol. The molecule has 2 amide bonds. The largest absolute Gasteiger partial charge is 0.334 e. The van der Waals surface area contributed by atoms with Gasteiger partial charge < -0.3 is 5.32 Å². The lowest BCUT2D eigenvalue weighted by atomic mass is 10.00. The second kappa shape index (κ2) is 7.39. The maximum Gasteiger partial charge on any atom is 0.320 e. The molecule has 2 aromatic carbocycles. The van der Waals surface area contributed by atoms with Crippen molar-refractivity contribution in [2.45, 2.75) is 34.2 Å². The van der Waals surface area contributed by atoms with Crippen molar-refractivity contribution in [3.8, 4) is 5.69 Å². The van der Waals surface area contributed by atoms with Gasteiger partial charge in [0, 0.05) is 6.54 Å². The highest BCUT2D eigenvalue weighted by Crippen LogP contribution is 2.16. The summed E-state index contributed by atoms with van der Waals surface area (Å²) in [7, 11) is 0. The van der Waals surface area contributed by atoms with Crippen molar-refractivity contribution in [1.82, 2.24) is 20.3 Å². The van der Waals surface area contributed by atoms with E-state index in [0.29, 0.717) is 18.1 Å². The van der Waals surface area contributed by atoms with Crippen LogP contribution in [0.15, 0.2) is 42.5 Å². The zero-order valence-corrected chi connectivity index (χ0v) is 15.5. The highest BCUT2D eigenvalue weighted by atomic mass is 16.2. The normalized spacial score (nSPS) is 10.6. The van der Waals surface area contributed by atoms with Crippen LogP contribution in [0.4, 0.5) is 10.6 Å². The molecule has 1 aromatic heterocycles. The van der Waals surface area contributed by atoms with Crippen molar-refractivity contribution >= 4 is 11.8 Å². The van der Waals surface area contributed by atoms with Gasteiger partial charge in [-0.25, -0.2) is 4.79 Å². The molecule has 134 valence electrons. The van der Waals surface area contributed by atoms with E-state index in [4.69, 9.17) is 0 Å². The van der Waals surface area contributed by atoms with E-state index in [-0.39, 0.29) is 6.03 Å². The fourth-order valence-electron chi connectivity index (χ4n) is 2.98. The zero-order chi connectivity index (χ0) is 18.7. The van der Waals surface area contributed by atoms with Gasteiger partial charge in [0.25, 0.3) is 0 Å². The molecule has 0 saturated carbocycles. The molecule has 0 aliphatic carbocycles. The number of nitrogens with one attached hydrogen (secondary N) is 2. The molecule has 0 radical (unpaired) electrons. The van der Waals surface area contributed by atoms with Crippen LogP contribution in [0.1, 0.15) is 27.9 Å². The summed E-state index contributed by atoms with van der Waals surface area (Å²) in [6.45, 7) is 8.48. The first-order valence-electron chi connectivity index (χ1n) is 8.55. The molecule has 0 aliphatic heterocycles. The molecule has 26 heavy (non-hydrogen) atoms. The highest BCUT2D eigenvalue weighted by molar-refractivity contribution is 5.88. The summed E-state index contributed by atoms with van der Waals surface area (Å²) in [4.78, 5) is 13.8. The van der Waals surface area contributed by atoms with Crippen molar-refractivity contribution in [1.29, 1.82) is 0 Å². The summed E-state index contributed by atoms with van der Waals surface area (Å²) < 4.78 is 0. The lowest BCUT2D eigenvalue weighted by Crippen LogP contribution is -2.29. The number of amides is 2. The van der Waals surface area contributed by atoms with Gasteiger partial charge in [-0.2, -0.15) is 5.10 Å². The molecular formula is C20H23N5O. The van der Waals surface area contributed by atoms with Crippen LogP contribution in [0, 0.1) is 27.7 Å². The van der Waals surface area contributed by atoms with Crippen LogP contribution in [0.3, 0.4) is 0 Å². The second-order valence-electron chi connectivity index (χ2n) is 6.44. The average Bonchev–Trinajstić information content (AvgIpc) is 2.95. The van der Waals surface area contributed by atoms with Crippen LogP contribution in [0.25, 0.3) is 5.69 Å². The van der Waals surface area contributed by atoms with Gasteiger partial charge in [-0.05, 0) is 56.5 Å². The van der Waals surface area contributed by atoms with Gasteiger partial charge in [-0.15, -0.1) is 9.90 Å². The number of para-hydroxylation sites is 1. The number of aromatic nitrogens is 3. The molecule has 0 fully saturated rings. The van der Waals surface area contributed by atoms with Crippen LogP contribution in [0.2, 0.25) is 0 Å². The van der Waals surface area contributed by atoms with Crippen LogP contribution in [-0.2, 0) is 6.54 Å². The van der Waals surface area contributed by atoms with Gasteiger partial charge in [0.2, 0.25) is 0 Å². The Labute approximate surface area is 153 Å². The number of carbonyl (C=O) groups is 1. The SMILES string of the molecule is Cc1cc(C)c(CNC(=O)Nc2nn(-c3ccccc3)nc2C)c(C)c1. The summed E-state index contributed by atoms with van der Waals surface area (Å²) in [6, 6.07) is 13.5. The fourth-order valence-corrected chi connectivity index (χ4v) is 2.98. The van der Waals surface area contributed by atoms with Crippen molar-refractivity contribution in [2.24, 2.45) is 0 Å².